The van der Waals surface area contributed by atoms with Crippen molar-refractivity contribution in [3.05, 3.63) is 52.1 Å². The molecule has 0 radical (unpaired) electrons. The molecule has 4 aliphatic rings. The third-order valence-corrected chi connectivity index (χ3v) is 11.1. The number of hydrogen-bond acceptors (Lipinski definition) is 10. The molecule has 214 valence electrons. The number of carbonyl (C=O) groups is 1. The van der Waals surface area contributed by atoms with Crippen molar-refractivity contribution in [1.29, 1.82) is 0 Å². The van der Waals surface area contributed by atoms with Gasteiger partial charge >= 0.3 is 0 Å². The van der Waals surface area contributed by atoms with E-state index in [1.165, 1.54) is 25.3 Å². The maximum Gasteiger partial charge on any atom is 0.211 e. The van der Waals surface area contributed by atoms with Crippen LogP contribution in [0.2, 0.25) is 5.02 Å². The molecule has 4 heterocycles. The maximum atomic E-state index is 13.8. The summed E-state index contributed by atoms with van der Waals surface area (Å²) in [5.74, 6) is -0.618. The van der Waals surface area contributed by atoms with Crippen LogP contribution < -0.4 is 5.43 Å². The molecule has 2 saturated heterocycles. The SMILES string of the molecule is COCC12CC(S(=O)(=O)c3coc4cc(Cl)ccc4c3=O)CC(=O)C1CC1(CCN(CN3C=CN=CC3)CC1)O2. The number of ether oxygens (including phenoxy) is 2. The van der Waals surface area contributed by atoms with Crippen molar-refractivity contribution in [2.45, 2.75) is 53.5 Å². The molecule has 3 fully saturated rings. The highest BCUT2D eigenvalue weighted by Crippen LogP contribution is 2.53. The summed E-state index contributed by atoms with van der Waals surface area (Å²) < 4.78 is 45.5. The topological polar surface area (TPSA) is 119 Å². The quantitative estimate of drug-likeness (QED) is 0.501. The molecule has 0 N–H and O–H groups in total. The first-order valence-electron chi connectivity index (χ1n) is 13.5. The van der Waals surface area contributed by atoms with Crippen molar-refractivity contribution < 1.29 is 27.1 Å². The molecule has 12 heteroatoms. The van der Waals surface area contributed by atoms with Crippen LogP contribution in [0.5, 0.6) is 0 Å². The van der Waals surface area contributed by atoms with Gasteiger partial charge in [-0.15, -0.1) is 0 Å². The average Bonchev–Trinajstić information content (AvgIpc) is 3.25. The van der Waals surface area contributed by atoms with Gasteiger partial charge in [-0.25, -0.2) is 8.42 Å². The molecule has 2 aromatic rings. The van der Waals surface area contributed by atoms with Gasteiger partial charge in [-0.1, -0.05) is 11.6 Å². The molecular weight excluding hydrogens is 558 g/mol. The number of aliphatic imine (C=N–C) groups is 1. The van der Waals surface area contributed by atoms with Crippen LogP contribution in [0.15, 0.2) is 56.0 Å². The lowest BCUT2D eigenvalue weighted by molar-refractivity contribution is -0.170. The average molecular weight is 590 g/mol. The Bertz CT molecular complexity index is 1550. The van der Waals surface area contributed by atoms with Gasteiger partial charge in [-0.2, -0.15) is 0 Å². The number of piperidine rings is 1. The summed E-state index contributed by atoms with van der Waals surface area (Å²) in [4.78, 5) is 35.0. The zero-order chi connectivity index (χ0) is 28.1. The third-order valence-electron chi connectivity index (χ3n) is 8.79. The predicted molar refractivity (Wildman–Crippen MR) is 149 cm³/mol. The molecule has 1 saturated carbocycles. The van der Waals surface area contributed by atoms with E-state index in [9.17, 15) is 18.0 Å². The molecule has 6 rings (SSSR count). The second-order valence-electron chi connectivity index (χ2n) is 11.3. The Hall–Kier alpha value is -2.57. The minimum absolute atomic E-state index is 0.0705. The van der Waals surface area contributed by atoms with Crippen molar-refractivity contribution in [3.63, 3.8) is 0 Å². The Morgan fingerprint density at radius 2 is 2.00 bits per heavy atom. The van der Waals surface area contributed by atoms with E-state index in [1.807, 2.05) is 12.4 Å². The maximum absolute atomic E-state index is 13.8. The van der Waals surface area contributed by atoms with Crippen LogP contribution in [0.25, 0.3) is 11.0 Å². The highest BCUT2D eigenvalue weighted by Gasteiger charge is 2.62. The Morgan fingerprint density at radius 3 is 2.73 bits per heavy atom. The lowest BCUT2D eigenvalue weighted by atomic mass is 9.72. The van der Waals surface area contributed by atoms with Gasteiger partial charge in [0.05, 0.1) is 42.0 Å². The van der Waals surface area contributed by atoms with Gasteiger partial charge in [0.1, 0.15) is 23.2 Å². The summed E-state index contributed by atoms with van der Waals surface area (Å²) in [6.07, 6.45) is 8.51. The van der Waals surface area contributed by atoms with Crippen LogP contribution in [0.4, 0.5) is 0 Å². The normalized spacial score (nSPS) is 28.4. The van der Waals surface area contributed by atoms with Crippen LogP contribution in [-0.2, 0) is 24.1 Å². The number of halogens is 1. The summed E-state index contributed by atoms with van der Waals surface area (Å²) >= 11 is 5.99. The highest BCUT2D eigenvalue weighted by molar-refractivity contribution is 7.92. The largest absolute Gasteiger partial charge is 0.463 e. The van der Waals surface area contributed by atoms with Gasteiger partial charge in [-0.05, 0) is 37.8 Å². The number of Topliss-reactive ketones (excluding diaryl/α,β-unsaturated/α-hetero) is 1. The van der Waals surface area contributed by atoms with Crippen LogP contribution in [0, 0.1) is 5.92 Å². The number of benzene rings is 1. The lowest BCUT2D eigenvalue weighted by Gasteiger charge is -2.43. The highest BCUT2D eigenvalue weighted by atomic mass is 35.5. The van der Waals surface area contributed by atoms with Crippen molar-refractivity contribution >= 4 is 44.4 Å². The zero-order valence-corrected chi connectivity index (χ0v) is 23.8. The predicted octanol–water partition coefficient (Wildman–Crippen LogP) is 3.02. The van der Waals surface area contributed by atoms with Crippen molar-refractivity contribution in [1.82, 2.24) is 9.80 Å². The molecule has 1 aliphatic carbocycles. The van der Waals surface area contributed by atoms with Crippen LogP contribution in [0.3, 0.4) is 0 Å². The Labute approximate surface area is 237 Å². The van der Waals surface area contributed by atoms with E-state index in [0.717, 1.165) is 45.4 Å². The molecule has 3 aliphatic heterocycles. The first-order chi connectivity index (χ1) is 19.1. The van der Waals surface area contributed by atoms with Gasteiger partial charge in [0.2, 0.25) is 5.43 Å². The number of carbonyl (C=O) groups excluding carboxylic acids is 1. The molecule has 3 atom stereocenters. The number of hydrogen-bond donors (Lipinski definition) is 0. The Morgan fingerprint density at radius 1 is 1.20 bits per heavy atom. The van der Waals surface area contributed by atoms with E-state index < -0.39 is 42.5 Å². The Balaban J connectivity index is 1.24. The summed E-state index contributed by atoms with van der Waals surface area (Å²) in [5, 5.41) is -0.637. The minimum Gasteiger partial charge on any atom is -0.463 e. The molecule has 1 spiro atoms. The van der Waals surface area contributed by atoms with E-state index in [1.54, 1.807) is 6.20 Å². The molecule has 1 aromatic heterocycles. The minimum atomic E-state index is -4.22. The fourth-order valence-electron chi connectivity index (χ4n) is 6.81. The van der Waals surface area contributed by atoms with E-state index in [4.69, 9.17) is 25.5 Å². The van der Waals surface area contributed by atoms with E-state index in [-0.39, 0.29) is 36.2 Å². The smallest absolute Gasteiger partial charge is 0.211 e. The number of likely N-dealkylation sites (tertiary alicyclic amines) is 1. The summed E-state index contributed by atoms with van der Waals surface area (Å²) in [7, 11) is -2.68. The van der Waals surface area contributed by atoms with Crippen molar-refractivity contribution in [2.75, 3.05) is 40.0 Å². The van der Waals surface area contributed by atoms with Crippen LogP contribution in [-0.4, -0.2) is 86.7 Å². The molecular formula is C28H32ClN3O7S. The summed E-state index contributed by atoms with van der Waals surface area (Å²) in [5.41, 5.74) is -2.06. The molecule has 40 heavy (non-hydrogen) atoms. The van der Waals surface area contributed by atoms with Crippen molar-refractivity contribution in [2.24, 2.45) is 10.9 Å². The van der Waals surface area contributed by atoms with E-state index in [0.29, 0.717) is 11.4 Å². The van der Waals surface area contributed by atoms with Gasteiger partial charge in [0, 0.05) is 56.3 Å². The third kappa shape index (κ3) is 4.81. The molecule has 1 aromatic carbocycles. The second kappa shape index (κ2) is 10.4. The summed E-state index contributed by atoms with van der Waals surface area (Å²) in [6, 6.07) is 4.42. The number of rotatable bonds is 6. The number of nitrogens with zero attached hydrogens (tertiary/aromatic N) is 3. The van der Waals surface area contributed by atoms with Gasteiger partial charge in [-0.3, -0.25) is 19.5 Å². The molecule has 0 bridgehead atoms. The molecule has 10 nitrogen and oxygen atoms in total. The fourth-order valence-corrected chi connectivity index (χ4v) is 8.76. The first kappa shape index (κ1) is 27.6. The monoisotopic (exact) mass is 589 g/mol. The van der Waals surface area contributed by atoms with Crippen LogP contribution in [0.1, 0.15) is 32.1 Å². The van der Waals surface area contributed by atoms with Crippen molar-refractivity contribution in [3.8, 4) is 0 Å². The standard InChI is InChI=1S/C28H32ClN3O7S/c1-37-17-28-14-20(40(35,36)25-16-38-24-12-19(29)2-3-21(24)26(25)34)13-23(33)22(28)15-27(39-28)4-8-31(9-5-27)18-32-10-6-30-7-11-32/h2-3,6-7,10,12,16,20,22H,4-5,8-9,11,13-15,17-18H2,1H3. The van der Waals surface area contributed by atoms with E-state index in [2.05, 4.69) is 14.8 Å². The van der Waals surface area contributed by atoms with Gasteiger partial charge in [0.25, 0.3) is 0 Å². The lowest BCUT2D eigenvalue weighted by Crippen LogP contribution is -2.54. The number of ketones is 1. The fraction of sp³-hybridized carbons (Fsp3) is 0.536. The zero-order valence-electron chi connectivity index (χ0n) is 22.3. The summed E-state index contributed by atoms with van der Waals surface area (Å²) in [6.45, 7) is 3.25. The first-order valence-corrected chi connectivity index (χ1v) is 15.4. The number of methoxy groups -OCH3 is 1. The van der Waals surface area contributed by atoms with Gasteiger partial charge in [0.15, 0.2) is 14.7 Å². The number of fused-ring (bicyclic) bond motifs is 2. The second-order valence-corrected chi connectivity index (χ2v) is 13.9. The van der Waals surface area contributed by atoms with E-state index >= 15 is 0 Å². The van der Waals surface area contributed by atoms with Crippen LogP contribution >= 0.6 is 11.6 Å². The van der Waals surface area contributed by atoms with Gasteiger partial charge < -0.3 is 18.8 Å². The number of sulfone groups is 1. The molecule has 0 amide bonds. The Kier molecular flexibility index (Phi) is 7.15. The molecule has 3 unspecified atom stereocenters.